The first-order valence-corrected chi connectivity index (χ1v) is 7.89. The third-order valence-electron chi connectivity index (χ3n) is 3.95. The average Bonchev–Trinajstić information content (AvgIpc) is 3.32. The van der Waals surface area contributed by atoms with Crippen LogP contribution in [0.15, 0.2) is 24.4 Å². The number of aromatic nitrogens is 4. The zero-order valence-corrected chi connectivity index (χ0v) is 13.4. The standard InChI is InChI=1S/C16H16ClN5O/c1-23-10-4-5-13-11(6-10)15(12(17)7-18-13)19-8-14-20-16(22-21-14)9-2-3-9/h4-7,9H,2-3,8H2,1H3,(H,18,19)(H,20,21,22). The maximum Gasteiger partial charge on any atom is 0.153 e. The number of hydrogen-bond donors (Lipinski definition) is 2. The summed E-state index contributed by atoms with van der Waals surface area (Å²) in [6.07, 6.45) is 4.02. The van der Waals surface area contributed by atoms with Crippen molar-refractivity contribution in [2.45, 2.75) is 25.3 Å². The molecule has 1 aromatic carbocycles. The molecule has 4 rings (SSSR count). The van der Waals surface area contributed by atoms with E-state index < -0.39 is 0 Å². The number of nitrogens with zero attached hydrogens (tertiary/aromatic N) is 3. The van der Waals surface area contributed by atoms with Gasteiger partial charge in [0, 0.05) is 17.5 Å². The number of H-pyrrole nitrogens is 1. The smallest absolute Gasteiger partial charge is 0.153 e. The van der Waals surface area contributed by atoms with Gasteiger partial charge in [-0.25, -0.2) is 4.98 Å². The Morgan fingerprint density at radius 2 is 2.26 bits per heavy atom. The summed E-state index contributed by atoms with van der Waals surface area (Å²) in [5, 5.41) is 12.1. The van der Waals surface area contributed by atoms with E-state index >= 15 is 0 Å². The summed E-state index contributed by atoms with van der Waals surface area (Å²) in [5.41, 5.74) is 1.67. The van der Waals surface area contributed by atoms with Crippen molar-refractivity contribution in [3.63, 3.8) is 0 Å². The number of pyridine rings is 1. The molecular formula is C16H16ClN5O. The van der Waals surface area contributed by atoms with Gasteiger partial charge in [0.05, 0.1) is 29.9 Å². The molecule has 0 amide bonds. The van der Waals surface area contributed by atoms with Gasteiger partial charge >= 0.3 is 0 Å². The van der Waals surface area contributed by atoms with E-state index in [0.29, 0.717) is 17.5 Å². The minimum Gasteiger partial charge on any atom is -0.497 e. The lowest BCUT2D eigenvalue weighted by Crippen LogP contribution is -2.03. The highest BCUT2D eigenvalue weighted by Gasteiger charge is 2.27. The SMILES string of the molecule is COc1ccc2ncc(Cl)c(NCc3nc(C4CC4)n[nH]3)c2c1. The van der Waals surface area contributed by atoms with Crippen LogP contribution in [-0.2, 0) is 6.54 Å². The third kappa shape index (κ3) is 2.82. The average molecular weight is 330 g/mol. The number of benzene rings is 1. The lowest BCUT2D eigenvalue weighted by atomic mass is 10.1. The van der Waals surface area contributed by atoms with Crippen LogP contribution in [0.1, 0.15) is 30.4 Å². The van der Waals surface area contributed by atoms with Gasteiger partial charge in [0.15, 0.2) is 5.82 Å². The Hall–Kier alpha value is -2.34. The monoisotopic (exact) mass is 329 g/mol. The van der Waals surface area contributed by atoms with E-state index in [1.165, 1.54) is 12.8 Å². The number of aromatic amines is 1. The fourth-order valence-corrected chi connectivity index (χ4v) is 2.76. The van der Waals surface area contributed by atoms with E-state index in [9.17, 15) is 0 Å². The molecule has 23 heavy (non-hydrogen) atoms. The summed E-state index contributed by atoms with van der Waals surface area (Å²) in [5.74, 6) is 3.01. The van der Waals surface area contributed by atoms with Crippen molar-refractivity contribution in [3.05, 3.63) is 41.1 Å². The Kier molecular flexibility index (Phi) is 3.53. The Morgan fingerprint density at radius 3 is 3.04 bits per heavy atom. The van der Waals surface area contributed by atoms with Gasteiger partial charge in [0.1, 0.15) is 11.6 Å². The Morgan fingerprint density at radius 1 is 1.39 bits per heavy atom. The first-order valence-electron chi connectivity index (χ1n) is 7.52. The van der Waals surface area contributed by atoms with Gasteiger partial charge in [-0.2, -0.15) is 5.10 Å². The second-order valence-electron chi connectivity index (χ2n) is 5.63. The maximum absolute atomic E-state index is 6.32. The number of ether oxygens (including phenoxy) is 1. The quantitative estimate of drug-likeness (QED) is 0.749. The molecule has 0 aliphatic heterocycles. The molecule has 2 heterocycles. The first kappa shape index (κ1) is 14.3. The molecule has 0 unspecified atom stereocenters. The second-order valence-corrected chi connectivity index (χ2v) is 6.04. The molecular weight excluding hydrogens is 314 g/mol. The number of methoxy groups -OCH3 is 1. The molecule has 1 aliphatic carbocycles. The summed E-state index contributed by atoms with van der Waals surface area (Å²) in [6, 6.07) is 5.72. The highest BCUT2D eigenvalue weighted by molar-refractivity contribution is 6.34. The summed E-state index contributed by atoms with van der Waals surface area (Å²) in [4.78, 5) is 8.86. The lowest BCUT2D eigenvalue weighted by Gasteiger charge is -2.11. The van der Waals surface area contributed by atoms with Gasteiger partial charge in [-0.15, -0.1) is 0 Å². The van der Waals surface area contributed by atoms with Gasteiger partial charge in [-0.1, -0.05) is 11.6 Å². The normalized spacial score (nSPS) is 14.2. The van der Waals surface area contributed by atoms with Crippen molar-refractivity contribution in [2.75, 3.05) is 12.4 Å². The van der Waals surface area contributed by atoms with E-state index in [4.69, 9.17) is 16.3 Å². The molecule has 2 aromatic heterocycles. The molecule has 1 aliphatic rings. The minimum atomic E-state index is 0.524. The molecule has 118 valence electrons. The van der Waals surface area contributed by atoms with Crippen molar-refractivity contribution >= 4 is 28.2 Å². The zero-order valence-electron chi connectivity index (χ0n) is 12.6. The predicted molar refractivity (Wildman–Crippen MR) is 89.0 cm³/mol. The predicted octanol–water partition coefficient (Wildman–Crippen LogP) is 3.50. The van der Waals surface area contributed by atoms with Crippen LogP contribution in [0.5, 0.6) is 5.75 Å². The summed E-state index contributed by atoms with van der Waals surface area (Å²) >= 11 is 6.32. The third-order valence-corrected chi connectivity index (χ3v) is 4.24. The molecule has 0 spiro atoms. The van der Waals surface area contributed by atoms with Crippen LogP contribution in [0.3, 0.4) is 0 Å². The molecule has 0 atom stereocenters. The van der Waals surface area contributed by atoms with Gasteiger partial charge in [0.2, 0.25) is 0 Å². The van der Waals surface area contributed by atoms with E-state index in [1.807, 2.05) is 18.2 Å². The van der Waals surface area contributed by atoms with Crippen LogP contribution in [0, 0.1) is 0 Å². The van der Waals surface area contributed by atoms with Crippen LogP contribution < -0.4 is 10.1 Å². The van der Waals surface area contributed by atoms with Gasteiger partial charge in [-0.05, 0) is 31.0 Å². The molecule has 1 fully saturated rings. The van der Waals surface area contributed by atoms with Gasteiger partial charge in [-0.3, -0.25) is 10.1 Å². The molecule has 2 N–H and O–H groups in total. The number of halogens is 1. The number of hydrogen-bond acceptors (Lipinski definition) is 5. The second kappa shape index (κ2) is 5.70. The first-order chi connectivity index (χ1) is 11.2. The maximum atomic E-state index is 6.32. The van der Waals surface area contributed by atoms with E-state index in [-0.39, 0.29) is 0 Å². The van der Waals surface area contributed by atoms with Crippen molar-refractivity contribution in [3.8, 4) is 5.75 Å². The van der Waals surface area contributed by atoms with Crippen LogP contribution in [0.4, 0.5) is 5.69 Å². The highest BCUT2D eigenvalue weighted by atomic mass is 35.5. The Balaban J connectivity index is 1.62. The minimum absolute atomic E-state index is 0.524. The van der Waals surface area contributed by atoms with Gasteiger partial charge < -0.3 is 10.1 Å². The number of anilines is 1. The van der Waals surface area contributed by atoms with Gasteiger partial charge in [0.25, 0.3) is 0 Å². The van der Waals surface area contributed by atoms with Crippen LogP contribution in [-0.4, -0.2) is 27.3 Å². The molecule has 0 bridgehead atoms. The summed E-state index contributed by atoms with van der Waals surface area (Å²) < 4.78 is 5.29. The van der Waals surface area contributed by atoms with Crippen LogP contribution >= 0.6 is 11.6 Å². The van der Waals surface area contributed by atoms with E-state index in [1.54, 1.807) is 13.3 Å². The molecule has 3 aromatic rings. The fraction of sp³-hybridized carbons (Fsp3) is 0.312. The summed E-state index contributed by atoms with van der Waals surface area (Å²) in [7, 11) is 1.64. The largest absolute Gasteiger partial charge is 0.497 e. The molecule has 0 radical (unpaired) electrons. The van der Waals surface area contributed by atoms with Crippen LogP contribution in [0.25, 0.3) is 10.9 Å². The number of rotatable bonds is 5. The molecule has 0 saturated heterocycles. The van der Waals surface area contributed by atoms with Crippen molar-refractivity contribution < 1.29 is 4.74 Å². The van der Waals surface area contributed by atoms with Crippen molar-refractivity contribution in [2.24, 2.45) is 0 Å². The number of fused-ring (bicyclic) bond motifs is 1. The van der Waals surface area contributed by atoms with Crippen LogP contribution in [0.2, 0.25) is 5.02 Å². The topological polar surface area (TPSA) is 75.7 Å². The van der Waals surface area contributed by atoms with Crippen molar-refractivity contribution in [1.29, 1.82) is 0 Å². The number of nitrogens with one attached hydrogen (secondary N) is 2. The Labute approximate surface area is 138 Å². The Bertz CT molecular complexity index is 859. The summed E-state index contributed by atoms with van der Waals surface area (Å²) in [6.45, 7) is 0.524. The molecule has 1 saturated carbocycles. The van der Waals surface area contributed by atoms with E-state index in [0.717, 1.165) is 34.0 Å². The molecule has 6 nitrogen and oxygen atoms in total. The van der Waals surface area contributed by atoms with Crippen molar-refractivity contribution in [1.82, 2.24) is 20.2 Å². The lowest BCUT2D eigenvalue weighted by molar-refractivity contribution is 0.415. The van der Waals surface area contributed by atoms with E-state index in [2.05, 4.69) is 25.5 Å². The zero-order chi connectivity index (χ0) is 15.8. The fourth-order valence-electron chi connectivity index (χ4n) is 2.54. The highest BCUT2D eigenvalue weighted by Crippen LogP contribution is 2.38. The molecule has 7 heteroatoms.